The first-order chi connectivity index (χ1) is 9.31. The molecule has 0 spiro atoms. The fourth-order valence-corrected chi connectivity index (χ4v) is 3.11. The number of halogens is 1. The summed E-state index contributed by atoms with van der Waals surface area (Å²) < 4.78 is 28.6. The number of rotatable bonds is 4. The highest BCUT2D eigenvalue weighted by atomic mass is 35.5. The lowest BCUT2D eigenvalue weighted by Crippen LogP contribution is -2.24. The van der Waals surface area contributed by atoms with E-state index in [1.165, 1.54) is 12.1 Å². The summed E-state index contributed by atoms with van der Waals surface area (Å²) in [5.74, 6) is 0. The number of hydrogen-bond acceptors (Lipinski definition) is 4. The number of anilines is 1. The van der Waals surface area contributed by atoms with Gasteiger partial charge >= 0.3 is 0 Å². The Morgan fingerprint density at radius 1 is 1.45 bits per heavy atom. The van der Waals surface area contributed by atoms with E-state index in [0.29, 0.717) is 5.02 Å². The average Bonchev–Trinajstić information content (AvgIpc) is 2.70. The molecule has 2 aromatic rings. The fourth-order valence-electron chi connectivity index (χ4n) is 1.71. The summed E-state index contributed by atoms with van der Waals surface area (Å²) in [5, 5.41) is 4.37. The highest BCUT2D eigenvalue weighted by Gasteiger charge is 2.18. The normalized spacial score (nSPS) is 11.8. The van der Waals surface area contributed by atoms with Crippen molar-refractivity contribution in [2.75, 3.05) is 5.73 Å². The third-order valence-electron chi connectivity index (χ3n) is 3.05. The molecule has 1 aromatic heterocycles. The molecule has 8 heteroatoms. The van der Waals surface area contributed by atoms with Gasteiger partial charge in [0.2, 0.25) is 10.0 Å². The summed E-state index contributed by atoms with van der Waals surface area (Å²) in [6.45, 7) is 2.01. The van der Waals surface area contributed by atoms with Crippen LogP contribution in [0.1, 0.15) is 11.3 Å². The first-order valence-corrected chi connectivity index (χ1v) is 7.69. The molecule has 0 atom stereocenters. The van der Waals surface area contributed by atoms with Crippen LogP contribution in [0.5, 0.6) is 0 Å². The Balaban J connectivity index is 2.24. The van der Waals surface area contributed by atoms with Gasteiger partial charge in [-0.3, -0.25) is 4.68 Å². The van der Waals surface area contributed by atoms with Gasteiger partial charge in [0.05, 0.1) is 11.9 Å². The van der Waals surface area contributed by atoms with E-state index < -0.39 is 10.0 Å². The predicted molar refractivity (Wildman–Crippen MR) is 77.8 cm³/mol. The first-order valence-electron chi connectivity index (χ1n) is 5.83. The highest BCUT2D eigenvalue weighted by Crippen LogP contribution is 2.22. The van der Waals surface area contributed by atoms with E-state index in [9.17, 15) is 8.42 Å². The third kappa shape index (κ3) is 2.95. The number of nitrogens with one attached hydrogen (secondary N) is 1. The standard InChI is InChI=1S/C12H15ClN4O2S/c1-8-9(6-15-17(8)2)7-16-20(18,19)12-5-10(13)3-4-11(12)14/h3-6,16H,7,14H2,1-2H3. The van der Waals surface area contributed by atoms with Crippen LogP contribution in [0, 0.1) is 6.92 Å². The maximum absolute atomic E-state index is 12.2. The second kappa shape index (κ2) is 5.43. The van der Waals surface area contributed by atoms with Crippen molar-refractivity contribution in [1.29, 1.82) is 0 Å². The van der Waals surface area contributed by atoms with Crippen molar-refractivity contribution in [2.24, 2.45) is 7.05 Å². The summed E-state index contributed by atoms with van der Waals surface area (Å²) >= 11 is 5.81. The van der Waals surface area contributed by atoms with Gasteiger partial charge in [0.15, 0.2) is 0 Å². The SMILES string of the molecule is Cc1c(CNS(=O)(=O)c2cc(Cl)ccc2N)cnn1C. The number of nitrogens with zero attached hydrogens (tertiary/aromatic N) is 2. The van der Waals surface area contributed by atoms with Gasteiger partial charge < -0.3 is 5.73 Å². The zero-order valence-corrected chi connectivity index (χ0v) is 12.7. The van der Waals surface area contributed by atoms with Crippen molar-refractivity contribution in [3.8, 4) is 0 Å². The van der Waals surface area contributed by atoms with Gasteiger partial charge in [-0.25, -0.2) is 13.1 Å². The summed E-state index contributed by atoms with van der Waals surface area (Å²) in [4.78, 5) is -0.0217. The maximum atomic E-state index is 12.2. The van der Waals surface area contributed by atoms with Gasteiger partial charge in [-0.1, -0.05) is 11.6 Å². The molecule has 0 aliphatic carbocycles. The van der Waals surface area contributed by atoms with Crippen molar-refractivity contribution in [2.45, 2.75) is 18.4 Å². The molecule has 0 saturated heterocycles. The molecule has 0 amide bonds. The largest absolute Gasteiger partial charge is 0.398 e. The molecule has 0 radical (unpaired) electrons. The van der Waals surface area contributed by atoms with Gasteiger partial charge in [0.1, 0.15) is 4.90 Å². The Bertz CT molecular complexity index is 740. The van der Waals surface area contributed by atoms with Gasteiger partial charge in [-0.05, 0) is 25.1 Å². The fraction of sp³-hybridized carbons (Fsp3) is 0.250. The quantitative estimate of drug-likeness (QED) is 0.836. The lowest BCUT2D eigenvalue weighted by atomic mass is 10.3. The lowest BCUT2D eigenvalue weighted by Gasteiger charge is -2.09. The summed E-state index contributed by atoms with van der Waals surface area (Å²) in [7, 11) is -1.92. The first kappa shape index (κ1) is 14.8. The van der Waals surface area contributed by atoms with Crippen LogP contribution in [0.15, 0.2) is 29.3 Å². The number of aromatic nitrogens is 2. The second-order valence-corrected chi connectivity index (χ2v) is 6.56. The summed E-state index contributed by atoms with van der Waals surface area (Å²) in [6.07, 6.45) is 1.62. The topological polar surface area (TPSA) is 90.0 Å². The van der Waals surface area contributed by atoms with E-state index in [1.807, 2.05) is 6.92 Å². The Hall–Kier alpha value is -1.57. The Labute approximate surface area is 122 Å². The number of nitrogens with two attached hydrogens (primary N) is 1. The van der Waals surface area contributed by atoms with Crippen LogP contribution in [-0.2, 0) is 23.6 Å². The average molecular weight is 315 g/mol. The van der Waals surface area contributed by atoms with Crippen LogP contribution >= 0.6 is 11.6 Å². The molecular weight excluding hydrogens is 300 g/mol. The van der Waals surface area contributed by atoms with Gasteiger partial charge in [0.25, 0.3) is 0 Å². The number of nitrogen functional groups attached to an aromatic ring is 1. The maximum Gasteiger partial charge on any atom is 0.242 e. The monoisotopic (exact) mass is 314 g/mol. The number of aryl methyl sites for hydroxylation is 1. The van der Waals surface area contributed by atoms with E-state index in [2.05, 4.69) is 9.82 Å². The number of sulfonamides is 1. The Morgan fingerprint density at radius 3 is 2.75 bits per heavy atom. The number of benzene rings is 1. The molecule has 0 unspecified atom stereocenters. The molecule has 0 saturated carbocycles. The van der Waals surface area contributed by atoms with Crippen LogP contribution in [0.3, 0.4) is 0 Å². The molecule has 0 fully saturated rings. The molecule has 1 heterocycles. The smallest absolute Gasteiger partial charge is 0.242 e. The molecule has 0 aliphatic rings. The third-order valence-corrected chi connectivity index (χ3v) is 4.75. The van der Waals surface area contributed by atoms with Gasteiger partial charge in [-0.2, -0.15) is 5.10 Å². The van der Waals surface area contributed by atoms with Crippen molar-refractivity contribution >= 4 is 27.3 Å². The van der Waals surface area contributed by atoms with Crippen molar-refractivity contribution in [1.82, 2.24) is 14.5 Å². The van der Waals surface area contributed by atoms with Crippen molar-refractivity contribution in [3.63, 3.8) is 0 Å². The second-order valence-electron chi connectivity index (χ2n) is 4.39. The molecule has 0 bridgehead atoms. The summed E-state index contributed by atoms with van der Waals surface area (Å²) in [6, 6.07) is 4.34. The van der Waals surface area contributed by atoms with Crippen LogP contribution < -0.4 is 10.5 Å². The molecule has 6 nitrogen and oxygen atoms in total. The summed E-state index contributed by atoms with van der Waals surface area (Å²) in [5.41, 5.74) is 7.54. The van der Waals surface area contributed by atoms with Gasteiger partial charge in [-0.15, -0.1) is 0 Å². The zero-order valence-electron chi connectivity index (χ0n) is 11.1. The van der Waals surface area contributed by atoms with Crippen molar-refractivity contribution in [3.05, 3.63) is 40.7 Å². The van der Waals surface area contributed by atoms with Crippen LogP contribution in [0.2, 0.25) is 5.02 Å². The van der Waals surface area contributed by atoms with Crippen LogP contribution in [0.25, 0.3) is 0 Å². The van der Waals surface area contributed by atoms with E-state index in [0.717, 1.165) is 11.3 Å². The Kier molecular flexibility index (Phi) is 4.03. The van der Waals surface area contributed by atoms with E-state index in [-0.39, 0.29) is 17.1 Å². The van der Waals surface area contributed by atoms with E-state index in [1.54, 1.807) is 24.0 Å². The molecule has 0 aliphatic heterocycles. The number of hydrogen-bond donors (Lipinski definition) is 2. The van der Waals surface area contributed by atoms with E-state index in [4.69, 9.17) is 17.3 Å². The predicted octanol–water partition coefficient (Wildman–Crippen LogP) is 1.44. The minimum absolute atomic E-state index is 0.0217. The minimum atomic E-state index is -3.72. The molecule has 108 valence electrons. The zero-order chi connectivity index (χ0) is 14.9. The molecule has 3 N–H and O–H groups in total. The highest BCUT2D eigenvalue weighted by molar-refractivity contribution is 7.89. The van der Waals surface area contributed by atoms with E-state index >= 15 is 0 Å². The molecule has 2 rings (SSSR count). The minimum Gasteiger partial charge on any atom is -0.398 e. The molecule has 20 heavy (non-hydrogen) atoms. The Morgan fingerprint density at radius 2 is 2.15 bits per heavy atom. The molecule has 1 aromatic carbocycles. The lowest BCUT2D eigenvalue weighted by molar-refractivity contribution is 0.581. The van der Waals surface area contributed by atoms with Crippen LogP contribution in [0.4, 0.5) is 5.69 Å². The van der Waals surface area contributed by atoms with Crippen LogP contribution in [-0.4, -0.2) is 18.2 Å². The van der Waals surface area contributed by atoms with Gasteiger partial charge in [0, 0.05) is 29.9 Å². The van der Waals surface area contributed by atoms with Crippen molar-refractivity contribution < 1.29 is 8.42 Å². The molecular formula is C12H15ClN4O2S.